The second-order valence-electron chi connectivity index (χ2n) is 7.08. The van der Waals surface area contributed by atoms with Crippen LogP contribution in [0, 0.1) is 5.92 Å². The summed E-state index contributed by atoms with van der Waals surface area (Å²) in [5, 5.41) is 13.3. The molecule has 1 aliphatic heterocycles. The van der Waals surface area contributed by atoms with Crippen LogP contribution in [0.3, 0.4) is 0 Å². The lowest BCUT2D eigenvalue weighted by molar-refractivity contribution is -0.148. The van der Waals surface area contributed by atoms with Crippen LogP contribution >= 0.6 is 11.6 Å². The van der Waals surface area contributed by atoms with Crippen LogP contribution in [0.4, 0.5) is 0 Å². The molecule has 27 heavy (non-hydrogen) atoms. The fraction of sp³-hybridized carbons (Fsp3) is 0.350. The number of pyridine rings is 1. The van der Waals surface area contributed by atoms with Crippen molar-refractivity contribution in [2.24, 2.45) is 5.92 Å². The van der Waals surface area contributed by atoms with Crippen molar-refractivity contribution in [3.63, 3.8) is 0 Å². The zero-order valence-corrected chi connectivity index (χ0v) is 16.0. The van der Waals surface area contributed by atoms with Crippen LogP contribution in [0.1, 0.15) is 30.5 Å². The van der Waals surface area contributed by atoms with Gasteiger partial charge in [0.15, 0.2) is 0 Å². The molecular formula is C20H22ClN3O3. The van der Waals surface area contributed by atoms with E-state index in [1.54, 1.807) is 43.4 Å². The van der Waals surface area contributed by atoms with Gasteiger partial charge in [0.1, 0.15) is 5.54 Å². The molecule has 1 fully saturated rings. The molecule has 6 nitrogen and oxygen atoms in total. The standard InChI is InChI=1S/C20H22ClN3O3/c1-20(19(26)27)10-16(18(25)23-12-13-4-3-9-22-11-13)17(24(20)2)14-5-7-15(21)8-6-14/h3-9,11,16-17H,10,12H2,1-2H3,(H,23,25)(H,26,27)/t16-,17-,20-/m0/s1. The minimum Gasteiger partial charge on any atom is -0.480 e. The van der Waals surface area contributed by atoms with Crippen molar-refractivity contribution in [2.45, 2.75) is 31.5 Å². The molecule has 0 unspecified atom stereocenters. The Balaban J connectivity index is 1.86. The van der Waals surface area contributed by atoms with Crippen molar-refractivity contribution >= 4 is 23.5 Å². The molecule has 1 amide bonds. The summed E-state index contributed by atoms with van der Waals surface area (Å²) in [6.45, 7) is 2.01. The van der Waals surface area contributed by atoms with Crippen molar-refractivity contribution in [3.8, 4) is 0 Å². The Bertz CT molecular complexity index is 828. The third-order valence-electron chi connectivity index (χ3n) is 5.39. The van der Waals surface area contributed by atoms with E-state index in [1.165, 1.54) is 0 Å². The number of hydrogen-bond acceptors (Lipinski definition) is 4. The normalized spacial score (nSPS) is 25.3. The topological polar surface area (TPSA) is 82.5 Å². The number of aromatic nitrogens is 1. The number of nitrogens with zero attached hydrogens (tertiary/aromatic N) is 2. The van der Waals surface area contributed by atoms with Crippen molar-refractivity contribution in [1.82, 2.24) is 15.2 Å². The van der Waals surface area contributed by atoms with E-state index in [-0.39, 0.29) is 18.4 Å². The number of rotatable bonds is 5. The smallest absolute Gasteiger partial charge is 0.323 e. The summed E-state index contributed by atoms with van der Waals surface area (Å²) in [4.78, 5) is 30.7. The fourth-order valence-electron chi connectivity index (χ4n) is 3.67. The van der Waals surface area contributed by atoms with E-state index in [0.717, 1.165) is 11.1 Å². The maximum Gasteiger partial charge on any atom is 0.323 e. The number of likely N-dealkylation sites (N-methyl/N-ethyl adjacent to an activating group) is 1. The second-order valence-corrected chi connectivity index (χ2v) is 7.51. The Morgan fingerprint density at radius 1 is 1.33 bits per heavy atom. The number of hydrogen-bond donors (Lipinski definition) is 2. The molecule has 2 N–H and O–H groups in total. The van der Waals surface area contributed by atoms with Crippen LogP contribution in [-0.4, -0.2) is 39.5 Å². The van der Waals surface area contributed by atoms with Gasteiger partial charge >= 0.3 is 5.97 Å². The summed E-state index contributed by atoms with van der Waals surface area (Å²) >= 11 is 5.98. The molecular weight excluding hydrogens is 366 g/mol. The first-order valence-electron chi connectivity index (χ1n) is 8.71. The number of carbonyl (C=O) groups is 2. The first-order valence-corrected chi connectivity index (χ1v) is 9.09. The summed E-state index contributed by atoms with van der Waals surface area (Å²) in [7, 11) is 1.75. The lowest BCUT2D eigenvalue weighted by Crippen LogP contribution is -2.46. The van der Waals surface area contributed by atoms with Gasteiger partial charge in [-0.15, -0.1) is 0 Å². The molecule has 7 heteroatoms. The van der Waals surface area contributed by atoms with Gasteiger partial charge in [-0.1, -0.05) is 29.8 Å². The number of amides is 1. The van der Waals surface area contributed by atoms with E-state index in [9.17, 15) is 14.7 Å². The largest absolute Gasteiger partial charge is 0.480 e. The van der Waals surface area contributed by atoms with Gasteiger partial charge in [-0.05, 0) is 49.7 Å². The number of halogens is 1. The van der Waals surface area contributed by atoms with Crippen LogP contribution < -0.4 is 5.32 Å². The number of benzene rings is 1. The molecule has 142 valence electrons. The van der Waals surface area contributed by atoms with Gasteiger partial charge in [-0.25, -0.2) is 0 Å². The molecule has 0 bridgehead atoms. The zero-order chi connectivity index (χ0) is 19.6. The molecule has 0 spiro atoms. The van der Waals surface area contributed by atoms with Gasteiger partial charge in [0.05, 0.1) is 5.92 Å². The second kappa shape index (κ2) is 7.66. The summed E-state index contributed by atoms with van der Waals surface area (Å²) in [6.07, 6.45) is 3.59. The van der Waals surface area contributed by atoms with Gasteiger partial charge in [0.2, 0.25) is 5.91 Å². The maximum absolute atomic E-state index is 12.9. The Kier molecular flexibility index (Phi) is 5.48. The quantitative estimate of drug-likeness (QED) is 0.824. The Labute approximate surface area is 163 Å². The van der Waals surface area contributed by atoms with Gasteiger partial charge in [0, 0.05) is 30.0 Å². The Morgan fingerprint density at radius 3 is 2.63 bits per heavy atom. The summed E-state index contributed by atoms with van der Waals surface area (Å²) in [5.41, 5.74) is 0.635. The highest BCUT2D eigenvalue weighted by atomic mass is 35.5. The van der Waals surface area contributed by atoms with Gasteiger partial charge < -0.3 is 10.4 Å². The molecule has 2 aromatic rings. The minimum absolute atomic E-state index is 0.171. The van der Waals surface area contributed by atoms with E-state index < -0.39 is 17.4 Å². The number of nitrogens with one attached hydrogen (secondary N) is 1. The van der Waals surface area contributed by atoms with E-state index >= 15 is 0 Å². The Hall–Kier alpha value is -2.44. The number of aliphatic carboxylic acids is 1. The third-order valence-corrected chi connectivity index (χ3v) is 5.64. The summed E-state index contributed by atoms with van der Waals surface area (Å²) in [6, 6.07) is 10.5. The van der Waals surface area contributed by atoms with Crippen LogP contribution in [0.15, 0.2) is 48.8 Å². The van der Waals surface area contributed by atoms with Gasteiger partial charge in [-0.3, -0.25) is 19.5 Å². The first kappa shape index (κ1) is 19.3. The van der Waals surface area contributed by atoms with E-state index in [0.29, 0.717) is 11.6 Å². The molecule has 1 aliphatic rings. The van der Waals surface area contributed by atoms with Crippen molar-refractivity contribution < 1.29 is 14.7 Å². The first-order chi connectivity index (χ1) is 12.8. The number of carboxylic acids is 1. The lowest BCUT2D eigenvalue weighted by atomic mass is 9.89. The molecule has 3 rings (SSSR count). The van der Waals surface area contributed by atoms with Crippen molar-refractivity contribution in [2.75, 3.05) is 7.05 Å². The predicted octanol–water partition coefficient (Wildman–Crippen LogP) is 2.89. The van der Waals surface area contributed by atoms with Gasteiger partial charge in [-0.2, -0.15) is 0 Å². The molecule has 3 atom stereocenters. The van der Waals surface area contributed by atoms with Crippen LogP contribution in [0.2, 0.25) is 5.02 Å². The monoisotopic (exact) mass is 387 g/mol. The van der Waals surface area contributed by atoms with Crippen molar-refractivity contribution in [3.05, 3.63) is 64.9 Å². The molecule has 0 aliphatic carbocycles. The van der Waals surface area contributed by atoms with Gasteiger partial charge in [0.25, 0.3) is 0 Å². The number of carbonyl (C=O) groups excluding carboxylic acids is 1. The maximum atomic E-state index is 12.9. The van der Waals surface area contributed by atoms with Crippen LogP contribution in [-0.2, 0) is 16.1 Å². The third kappa shape index (κ3) is 3.82. The van der Waals surface area contributed by atoms with Crippen molar-refractivity contribution in [1.29, 1.82) is 0 Å². The average molecular weight is 388 g/mol. The zero-order valence-electron chi connectivity index (χ0n) is 15.2. The van der Waals surface area contributed by atoms with Crippen LogP contribution in [0.5, 0.6) is 0 Å². The molecule has 1 aromatic heterocycles. The fourth-order valence-corrected chi connectivity index (χ4v) is 3.80. The van der Waals surface area contributed by atoms with E-state index in [2.05, 4.69) is 10.3 Å². The molecule has 2 heterocycles. The molecule has 1 saturated heterocycles. The van der Waals surface area contributed by atoms with E-state index in [4.69, 9.17) is 11.6 Å². The predicted molar refractivity (Wildman–Crippen MR) is 102 cm³/mol. The van der Waals surface area contributed by atoms with Crippen LogP contribution in [0.25, 0.3) is 0 Å². The highest BCUT2D eigenvalue weighted by molar-refractivity contribution is 6.30. The average Bonchev–Trinajstić information content (AvgIpc) is 2.94. The highest BCUT2D eigenvalue weighted by Crippen LogP contribution is 2.46. The number of carboxylic acid groups (broad SMARTS) is 1. The summed E-state index contributed by atoms with van der Waals surface area (Å²) < 4.78 is 0. The SMILES string of the molecule is CN1[C@@H](c2ccc(Cl)cc2)[C@@H](C(=O)NCc2cccnc2)C[C@@]1(C)C(=O)O. The number of likely N-dealkylation sites (tertiary alicyclic amines) is 1. The molecule has 0 saturated carbocycles. The highest BCUT2D eigenvalue weighted by Gasteiger charge is 2.54. The van der Waals surface area contributed by atoms with E-state index in [1.807, 2.05) is 24.3 Å². The molecule has 1 aromatic carbocycles. The molecule has 0 radical (unpaired) electrons. The lowest BCUT2D eigenvalue weighted by Gasteiger charge is -2.32. The minimum atomic E-state index is -1.12. The summed E-state index contributed by atoms with van der Waals surface area (Å²) in [5.74, 6) is -1.60. The Morgan fingerprint density at radius 2 is 2.04 bits per heavy atom.